The molecule has 0 fully saturated rings. The topological polar surface area (TPSA) is 42.2 Å². The molecule has 4 nitrogen and oxygen atoms in total. The Morgan fingerprint density at radius 1 is 1.26 bits per heavy atom. The van der Waals surface area contributed by atoms with Gasteiger partial charge in [0.05, 0.1) is 22.4 Å². The summed E-state index contributed by atoms with van der Waals surface area (Å²) in [6, 6.07) is 0.290. The third kappa shape index (κ3) is 2.87. The van der Waals surface area contributed by atoms with Gasteiger partial charge in [-0.3, -0.25) is 4.90 Å². The average Bonchev–Trinajstić information content (AvgIpc) is 2.84. The number of rotatable bonds is 4. The highest BCUT2D eigenvalue weighted by Crippen LogP contribution is 2.27. The second kappa shape index (κ2) is 5.43. The molecule has 5 heteroatoms. The second-order valence-corrected chi connectivity index (χ2v) is 6.48. The van der Waals surface area contributed by atoms with Crippen molar-refractivity contribution in [2.45, 2.75) is 47.2 Å². The van der Waals surface area contributed by atoms with Gasteiger partial charge in [-0.1, -0.05) is 5.16 Å². The van der Waals surface area contributed by atoms with Gasteiger partial charge in [0.25, 0.3) is 0 Å². The lowest BCUT2D eigenvalue weighted by molar-refractivity contribution is 0.246. The molecule has 2 aromatic rings. The van der Waals surface area contributed by atoms with Crippen molar-refractivity contribution in [1.82, 2.24) is 15.0 Å². The zero-order valence-corrected chi connectivity index (χ0v) is 13.3. The van der Waals surface area contributed by atoms with E-state index in [4.69, 9.17) is 4.52 Å². The molecule has 0 aliphatic rings. The van der Waals surface area contributed by atoms with Crippen LogP contribution in [0.5, 0.6) is 0 Å². The Bertz CT molecular complexity index is 554. The van der Waals surface area contributed by atoms with E-state index in [-0.39, 0.29) is 0 Å². The fraction of sp³-hybridized carbons (Fsp3) is 0.571. The summed E-state index contributed by atoms with van der Waals surface area (Å²) in [6.07, 6.45) is 0. The van der Waals surface area contributed by atoms with Crippen LogP contribution in [0.1, 0.15) is 45.6 Å². The molecule has 2 aromatic heterocycles. The molecular formula is C14H21N3OS. The van der Waals surface area contributed by atoms with Crippen LogP contribution in [0.3, 0.4) is 0 Å². The van der Waals surface area contributed by atoms with Crippen molar-refractivity contribution in [3.63, 3.8) is 0 Å². The Morgan fingerprint density at radius 3 is 2.42 bits per heavy atom. The SMILES string of the molecule is Cc1nc([C@H](C)N(C)Cc2c(C)noc2C)c(C)s1. The molecule has 0 N–H and O–H groups in total. The van der Waals surface area contributed by atoms with E-state index in [1.165, 1.54) is 16.1 Å². The van der Waals surface area contributed by atoms with E-state index in [1.54, 1.807) is 11.3 Å². The first-order valence-corrected chi connectivity index (χ1v) is 7.27. The summed E-state index contributed by atoms with van der Waals surface area (Å²) in [5.74, 6) is 0.905. The number of nitrogens with zero attached hydrogens (tertiary/aromatic N) is 3. The van der Waals surface area contributed by atoms with Crippen LogP contribution >= 0.6 is 11.3 Å². The average molecular weight is 279 g/mol. The van der Waals surface area contributed by atoms with Crippen molar-refractivity contribution < 1.29 is 4.52 Å². The molecule has 2 heterocycles. The van der Waals surface area contributed by atoms with Gasteiger partial charge in [-0.05, 0) is 41.7 Å². The van der Waals surface area contributed by atoms with Crippen LogP contribution in [0.2, 0.25) is 0 Å². The molecule has 0 radical (unpaired) electrons. The lowest BCUT2D eigenvalue weighted by Crippen LogP contribution is -2.23. The van der Waals surface area contributed by atoms with Gasteiger partial charge in [0.15, 0.2) is 0 Å². The van der Waals surface area contributed by atoms with Crippen LogP contribution in [0, 0.1) is 27.7 Å². The molecule has 104 valence electrons. The summed E-state index contributed by atoms with van der Waals surface area (Å²) >= 11 is 1.76. The summed E-state index contributed by atoms with van der Waals surface area (Å²) in [5.41, 5.74) is 3.33. The monoisotopic (exact) mass is 279 g/mol. The summed E-state index contributed by atoms with van der Waals surface area (Å²) in [6.45, 7) is 11.2. The normalized spacial score (nSPS) is 13.2. The Morgan fingerprint density at radius 2 is 1.95 bits per heavy atom. The first kappa shape index (κ1) is 14.2. The Hall–Kier alpha value is -1.20. The van der Waals surface area contributed by atoms with Crippen molar-refractivity contribution in [3.8, 4) is 0 Å². The zero-order chi connectivity index (χ0) is 14.2. The van der Waals surface area contributed by atoms with Crippen molar-refractivity contribution in [3.05, 3.63) is 32.6 Å². The van der Waals surface area contributed by atoms with Crippen molar-refractivity contribution in [1.29, 1.82) is 0 Å². The van der Waals surface area contributed by atoms with Crippen LogP contribution in [0.25, 0.3) is 0 Å². The number of aromatic nitrogens is 2. The number of hydrogen-bond acceptors (Lipinski definition) is 5. The third-order valence-corrected chi connectivity index (χ3v) is 4.49. The largest absolute Gasteiger partial charge is 0.361 e. The molecule has 0 aliphatic carbocycles. The minimum Gasteiger partial charge on any atom is -0.361 e. The van der Waals surface area contributed by atoms with Crippen LogP contribution in [0.4, 0.5) is 0 Å². The molecule has 2 rings (SSSR count). The molecule has 0 bridgehead atoms. The van der Waals surface area contributed by atoms with Gasteiger partial charge in [-0.2, -0.15) is 0 Å². The smallest absolute Gasteiger partial charge is 0.138 e. The lowest BCUT2D eigenvalue weighted by Gasteiger charge is -2.23. The molecule has 0 spiro atoms. The summed E-state index contributed by atoms with van der Waals surface area (Å²) in [5, 5.41) is 5.14. The van der Waals surface area contributed by atoms with Crippen molar-refractivity contribution in [2.24, 2.45) is 0 Å². The van der Waals surface area contributed by atoms with Gasteiger partial charge in [0.1, 0.15) is 5.76 Å². The Labute approximate surface area is 118 Å². The maximum atomic E-state index is 5.22. The first-order valence-electron chi connectivity index (χ1n) is 6.46. The van der Waals surface area contributed by atoms with Crippen LogP contribution < -0.4 is 0 Å². The third-order valence-electron chi connectivity index (χ3n) is 3.59. The van der Waals surface area contributed by atoms with E-state index in [2.05, 4.69) is 42.9 Å². The van der Waals surface area contributed by atoms with E-state index >= 15 is 0 Å². The molecule has 19 heavy (non-hydrogen) atoms. The molecule has 0 saturated heterocycles. The van der Waals surface area contributed by atoms with Crippen molar-refractivity contribution in [2.75, 3.05) is 7.05 Å². The van der Waals surface area contributed by atoms with E-state index in [9.17, 15) is 0 Å². The molecule has 0 unspecified atom stereocenters. The number of aryl methyl sites for hydroxylation is 4. The van der Waals surface area contributed by atoms with Crippen LogP contribution in [-0.4, -0.2) is 22.1 Å². The van der Waals surface area contributed by atoms with E-state index in [1.807, 2.05) is 13.8 Å². The van der Waals surface area contributed by atoms with Gasteiger partial charge in [0.2, 0.25) is 0 Å². The lowest BCUT2D eigenvalue weighted by atomic mass is 10.1. The standard InChI is InChI=1S/C14H21N3OS/c1-8-13(10(3)18-16-8)7-17(6)9(2)14-11(4)19-12(5)15-14/h9H,7H2,1-6H3/t9-/m0/s1. The van der Waals surface area contributed by atoms with Gasteiger partial charge < -0.3 is 4.52 Å². The highest BCUT2D eigenvalue weighted by Gasteiger charge is 2.20. The van der Waals surface area contributed by atoms with E-state index < -0.39 is 0 Å². The van der Waals surface area contributed by atoms with Gasteiger partial charge in [-0.25, -0.2) is 4.98 Å². The summed E-state index contributed by atoms with van der Waals surface area (Å²) in [4.78, 5) is 8.23. The fourth-order valence-electron chi connectivity index (χ4n) is 2.26. The quantitative estimate of drug-likeness (QED) is 0.858. The Kier molecular flexibility index (Phi) is 4.06. The van der Waals surface area contributed by atoms with Gasteiger partial charge >= 0.3 is 0 Å². The molecule has 0 amide bonds. The zero-order valence-electron chi connectivity index (χ0n) is 12.4. The maximum absolute atomic E-state index is 5.22. The molecular weight excluding hydrogens is 258 g/mol. The number of thiazole rings is 1. The minimum atomic E-state index is 0.290. The second-order valence-electron chi connectivity index (χ2n) is 5.07. The predicted molar refractivity (Wildman–Crippen MR) is 77.4 cm³/mol. The molecule has 1 atom stereocenters. The summed E-state index contributed by atoms with van der Waals surface area (Å²) < 4.78 is 5.22. The van der Waals surface area contributed by atoms with Gasteiger partial charge in [-0.15, -0.1) is 11.3 Å². The van der Waals surface area contributed by atoms with Crippen LogP contribution in [-0.2, 0) is 6.54 Å². The molecule has 0 aliphatic heterocycles. The number of hydrogen-bond donors (Lipinski definition) is 0. The fourth-order valence-corrected chi connectivity index (χ4v) is 3.16. The Balaban J connectivity index is 2.16. The molecule has 0 saturated carbocycles. The summed E-state index contributed by atoms with van der Waals surface area (Å²) in [7, 11) is 2.12. The highest BCUT2D eigenvalue weighted by molar-refractivity contribution is 7.11. The predicted octanol–water partition coefficient (Wildman–Crippen LogP) is 3.56. The van der Waals surface area contributed by atoms with Crippen LogP contribution in [0.15, 0.2) is 4.52 Å². The van der Waals surface area contributed by atoms with E-state index in [0.717, 1.165) is 23.0 Å². The van der Waals surface area contributed by atoms with Crippen molar-refractivity contribution >= 4 is 11.3 Å². The highest BCUT2D eigenvalue weighted by atomic mass is 32.1. The molecule has 0 aromatic carbocycles. The maximum Gasteiger partial charge on any atom is 0.138 e. The van der Waals surface area contributed by atoms with E-state index in [0.29, 0.717) is 6.04 Å². The minimum absolute atomic E-state index is 0.290. The van der Waals surface area contributed by atoms with Gasteiger partial charge in [0, 0.05) is 17.0 Å². The first-order chi connectivity index (χ1) is 8.90.